The minimum atomic E-state index is 0.462. The van der Waals surface area contributed by atoms with Crippen molar-refractivity contribution in [1.82, 2.24) is 10.2 Å². The van der Waals surface area contributed by atoms with Crippen LogP contribution in [-0.4, -0.2) is 64.6 Å². The predicted octanol–water partition coefficient (Wildman–Crippen LogP) is 1.53. The fourth-order valence-electron chi connectivity index (χ4n) is 2.40. The quantitative estimate of drug-likeness (QED) is 0.644. The Hall–Kier alpha value is -0.420. The van der Waals surface area contributed by atoms with Crippen molar-refractivity contribution in [3.05, 3.63) is 11.6 Å². The summed E-state index contributed by atoms with van der Waals surface area (Å²) in [5, 5.41) is 3.54. The van der Waals surface area contributed by atoms with Crippen molar-refractivity contribution in [2.45, 2.75) is 26.3 Å². The van der Waals surface area contributed by atoms with Crippen LogP contribution < -0.4 is 5.32 Å². The van der Waals surface area contributed by atoms with Crippen molar-refractivity contribution in [2.75, 3.05) is 53.6 Å². The lowest BCUT2D eigenvalue weighted by molar-refractivity contribution is 0.0919. The standard InChI is InChI=1S/C15H30N2O2/c1-13(2)9-16-10-15(12-19-4)17-7-5-14(6-8-17)11-18-3/h5,13,15-16H,6-12H2,1-4H3. The fraction of sp³-hybridized carbons (Fsp3) is 0.867. The van der Waals surface area contributed by atoms with E-state index in [1.807, 2.05) is 0 Å². The van der Waals surface area contributed by atoms with Crippen LogP contribution in [-0.2, 0) is 9.47 Å². The van der Waals surface area contributed by atoms with E-state index in [1.165, 1.54) is 5.57 Å². The molecule has 0 fully saturated rings. The second kappa shape index (κ2) is 9.48. The van der Waals surface area contributed by atoms with Gasteiger partial charge in [-0.1, -0.05) is 19.9 Å². The van der Waals surface area contributed by atoms with Crippen molar-refractivity contribution in [3.63, 3.8) is 0 Å². The summed E-state index contributed by atoms with van der Waals surface area (Å²) in [6, 6.07) is 0.462. The van der Waals surface area contributed by atoms with Crippen molar-refractivity contribution < 1.29 is 9.47 Å². The maximum absolute atomic E-state index is 5.36. The number of nitrogens with zero attached hydrogens (tertiary/aromatic N) is 1. The van der Waals surface area contributed by atoms with E-state index in [9.17, 15) is 0 Å². The van der Waals surface area contributed by atoms with Crippen LogP contribution in [0.1, 0.15) is 20.3 Å². The molecule has 19 heavy (non-hydrogen) atoms. The van der Waals surface area contributed by atoms with Crippen LogP contribution in [0.25, 0.3) is 0 Å². The van der Waals surface area contributed by atoms with Gasteiger partial charge in [0.2, 0.25) is 0 Å². The van der Waals surface area contributed by atoms with E-state index < -0.39 is 0 Å². The van der Waals surface area contributed by atoms with Crippen LogP contribution >= 0.6 is 0 Å². The molecule has 0 aromatic rings. The topological polar surface area (TPSA) is 33.7 Å². The molecular formula is C15H30N2O2. The van der Waals surface area contributed by atoms with Crippen molar-refractivity contribution >= 4 is 0 Å². The molecule has 1 N–H and O–H groups in total. The summed E-state index contributed by atoms with van der Waals surface area (Å²) in [7, 11) is 3.54. The lowest BCUT2D eigenvalue weighted by Gasteiger charge is -2.34. The summed E-state index contributed by atoms with van der Waals surface area (Å²) >= 11 is 0. The SMILES string of the molecule is COCC1=CCN(C(CNCC(C)C)COC)CC1. The second-order valence-electron chi connectivity index (χ2n) is 5.70. The molecule has 0 bridgehead atoms. The molecule has 0 amide bonds. The Bertz CT molecular complexity index is 267. The summed E-state index contributed by atoms with van der Waals surface area (Å²) in [6.07, 6.45) is 3.41. The minimum Gasteiger partial charge on any atom is -0.383 e. The van der Waals surface area contributed by atoms with Gasteiger partial charge in [-0.2, -0.15) is 0 Å². The van der Waals surface area contributed by atoms with Gasteiger partial charge in [0.25, 0.3) is 0 Å². The molecule has 112 valence electrons. The van der Waals surface area contributed by atoms with E-state index >= 15 is 0 Å². The Morgan fingerprint density at radius 2 is 2.05 bits per heavy atom. The van der Waals surface area contributed by atoms with Crippen LogP contribution in [0.4, 0.5) is 0 Å². The molecule has 0 aliphatic carbocycles. The van der Waals surface area contributed by atoms with Gasteiger partial charge < -0.3 is 14.8 Å². The van der Waals surface area contributed by atoms with Crippen LogP contribution in [0.3, 0.4) is 0 Å². The molecule has 1 aliphatic rings. The van der Waals surface area contributed by atoms with Crippen LogP contribution in [0, 0.1) is 5.92 Å². The maximum atomic E-state index is 5.36. The average molecular weight is 270 g/mol. The molecule has 0 aromatic carbocycles. The zero-order valence-electron chi connectivity index (χ0n) is 12.9. The van der Waals surface area contributed by atoms with E-state index in [0.29, 0.717) is 12.0 Å². The minimum absolute atomic E-state index is 0.462. The van der Waals surface area contributed by atoms with E-state index in [4.69, 9.17) is 9.47 Å². The molecule has 0 aromatic heterocycles. The number of ether oxygens (including phenoxy) is 2. The van der Waals surface area contributed by atoms with Gasteiger partial charge in [-0.05, 0) is 24.5 Å². The van der Waals surface area contributed by atoms with Crippen molar-refractivity contribution in [3.8, 4) is 0 Å². The van der Waals surface area contributed by atoms with Gasteiger partial charge in [-0.3, -0.25) is 4.90 Å². The van der Waals surface area contributed by atoms with Crippen molar-refractivity contribution in [2.24, 2.45) is 5.92 Å². The van der Waals surface area contributed by atoms with Crippen LogP contribution in [0.5, 0.6) is 0 Å². The first-order chi connectivity index (χ1) is 9.17. The zero-order valence-corrected chi connectivity index (χ0v) is 12.9. The lowest BCUT2D eigenvalue weighted by Crippen LogP contribution is -2.47. The first-order valence-corrected chi connectivity index (χ1v) is 7.28. The summed E-state index contributed by atoms with van der Waals surface area (Å²) in [5.74, 6) is 0.692. The normalized spacial score (nSPS) is 18.7. The highest BCUT2D eigenvalue weighted by Crippen LogP contribution is 2.13. The fourth-order valence-corrected chi connectivity index (χ4v) is 2.40. The van der Waals surface area contributed by atoms with Gasteiger partial charge in [-0.15, -0.1) is 0 Å². The van der Waals surface area contributed by atoms with E-state index in [0.717, 1.165) is 45.8 Å². The average Bonchev–Trinajstić information content (AvgIpc) is 2.39. The number of hydrogen-bond donors (Lipinski definition) is 1. The monoisotopic (exact) mass is 270 g/mol. The summed E-state index contributed by atoms with van der Waals surface area (Å²) in [5.41, 5.74) is 1.42. The predicted molar refractivity (Wildman–Crippen MR) is 79.5 cm³/mol. The largest absolute Gasteiger partial charge is 0.383 e. The molecule has 0 saturated heterocycles. The Morgan fingerprint density at radius 3 is 2.58 bits per heavy atom. The molecule has 1 unspecified atom stereocenters. The molecule has 0 radical (unpaired) electrons. The first kappa shape index (κ1) is 16.6. The molecule has 1 aliphatic heterocycles. The number of rotatable bonds is 9. The van der Waals surface area contributed by atoms with Gasteiger partial charge in [0.05, 0.1) is 13.2 Å². The molecule has 1 atom stereocenters. The van der Waals surface area contributed by atoms with Gasteiger partial charge in [0.15, 0.2) is 0 Å². The number of nitrogens with one attached hydrogen (secondary N) is 1. The summed E-state index contributed by atoms with van der Waals surface area (Å²) in [4.78, 5) is 2.50. The molecule has 1 heterocycles. The van der Waals surface area contributed by atoms with E-state index in [2.05, 4.69) is 30.1 Å². The number of methoxy groups -OCH3 is 2. The Kier molecular flexibility index (Phi) is 8.30. The van der Waals surface area contributed by atoms with Crippen LogP contribution in [0.2, 0.25) is 0 Å². The number of hydrogen-bond acceptors (Lipinski definition) is 4. The molecule has 0 spiro atoms. The second-order valence-corrected chi connectivity index (χ2v) is 5.70. The molecular weight excluding hydrogens is 240 g/mol. The Morgan fingerprint density at radius 1 is 1.26 bits per heavy atom. The summed E-state index contributed by atoms with van der Waals surface area (Å²) in [6.45, 7) is 10.2. The highest BCUT2D eigenvalue weighted by atomic mass is 16.5. The van der Waals surface area contributed by atoms with Gasteiger partial charge in [0, 0.05) is 39.9 Å². The highest BCUT2D eigenvalue weighted by Gasteiger charge is 2.20. The van der Waals surface area contributed by atoms with E-state index in [-0.39, 0.29) is 0 Å². The zero-order chi connectivity index (χ0) is 14.1. The third-order valence-electron chi connectivity index (χ3n) is 3.47. The van der Waals surface area contributed by atoms with Gasteiger partial charge in [-0.25, -0.2) is 0 Å². The molecule has 1 rings (SSSR count). The van der Waals surface area contributed by atoms with Crippen molar-refractivity contribution in [1.29, 1.82) is 0 Å². The third-order valence-corrected chi connectivity index (χ3v) is 3.47. The lowest BCUT2D eigenvalue weighted by atomic mass is 10.1. The molecule has 4 nitrogen and oxygen atoms in total. The van der Waals surface area contributed by atoms with Crippen LogP contribution in [0.15, 0.2) is 11.6 Å². The molecule has 4 heteroatoms. The summed E-state index contributed by atoms with van der Waals surface area (Å²) < 4.78 is 10.6. The molecule has 0 saturated carbocycles. The highest BCUT2D eigenvalue weighted by molar-refractivity contribution is 5.08. The van der Waals surface area contributed by atoms with Gasteiger partial charge >= 0.3 is 0 Å². The van der Waals surface area contributed by atoms with Gasteiger partial charge in [0.1, 0.15) is 0 Å². The Balaban J connectivity index is 2.39. The first-order valence-electron chi connectivity index (χ1n) is 7.28. The Labute approximate surface area is 118 Å². The smallest absolute Gasteiger partial charge is 0.0673 e. The maximum Gasteiger partial charge on any atom is 0.0673 e. The van der Waals surface area contributed by atoms with E-state index in [1.54, 1.807) is 14.2 Å². The third kappa shape index (κ3) is 6.52.